The fraction of sp³-hybridized carbons (Fsp3) is 0.300. The van der Waals surface area contributed by atoms with Crippen molar-refractivity contribution >= 4 is 11.6 Å². The molecule has 2 aromatic carbocycles. The highest BCUT2D eigenvalue weighted by Gasteiger charge is 2.25. The van der Waals surface area contributed by atoms with Crippen molar-refractivity contribution in [2.24, 2.45) is 5.10 Å². The fourth-order valence-corrected chi connectivity index (χ4v) is 3.15. The van der Waals surface area contributed by atoms with E-state index in [1.54, 1.807) is 32.4 Å². The van der Waals surface area contributed by atoms with Crippen molar-refractivity contribution in [3.05, 3.63) is 47.5 Å². The molecule has 0 saturated heterocycles. The fourth-order valence-electron chi connectivity index (χ4n) is 3.15. The Morgan fingerprint density at radius 1 is 1.00 bits per heavy atom. The molecule has 27 heavy (non-hydrogen) atoms. The molecular formula is C20H20N2O5. The Morgan fingerprint density at radius 3 is 2.56 bits per heavy atom. The highest BCUT2D eigenvalue weighted by molar-refractivity contribution is 6.04. The van der Waals surface area contributed by atoms with Crippen LogP contribution in [-0.4, -0.2) is 50.6 Å². The molecule has 0 bridgehead atoms. The Hall–Kier alpha value is -3.22. The number of hydrazone groups is 1. The number of hydrogen-bond acceptors (Lipinski definition) is 6. The normalized spacial score (nSPS) is 15.3. The molecule has 1 amide bonds. The number of methoxy groups -OCH3 is 2. The van der Waals surface area contributed by atoms with Crippen LogP contribution in [0.25, 0.3) is 0 Å². The molecule has 0 radical (unpaired) electrons. The molecular weight excluding hydrogens is 348 g/mol. The molecule has 0 unspecified atom stereocenters. The van der Waals surface area contributed by atoms with E-state index < -0.39 is 0 Å². The second-order valence-corrected chi connectivity index (χ2v) is 6.15. The van der Waals surface area contributed by atoms with E-state index in [4.69, 9.17) is 18.9 Å². The van der Waals surface area contributed by atoms with Gasteiger partial charge in [0, 0.05) is 17.5 Å². The molecule has 0 N–H and O–H groups in total. The topological polar surface area (TPSA) is 69.6 Å². The molecule has 2 aliphatic rings. The van der Waals surface area contributed by atoms with Crippen molar-refractivity contribution in [2.45, 2.75) is 6.42 Å². The molecule has 4 rings (SSSR count). The first kappa shape index (κ1) is 17.2. The summed E-state index contributed by atoms with van der Waals surface area (Å²) < 4.78 is 21.7. The molecule has 0 atom stereocenters. The summed E-state index contributed by atoms with van der Waals surface area (Å²) in [7, 11) is 3.19. The van der Waals surface area contributed by atoms with E-state index in [1.165, 1.54) is 5.01 Å². The second kappa shape index (κ2) is 7.19. The highest BCUT2D eigenvalue weighted by atomic mass is 16.6. The van der Waals surface area contributed by atoms with Gasteiger partial charge >= 0.3 is 0 Å². The lowest BCUT2D eigenvalue weighted by Gasteiger charge is -2.19. The lowest BCUT2D eigenvalue weighted by molar-refractivity contribution is 0.0777. The van der Waals surface area contributed by atoms with Crippen molar-refractivity contribution in [2.75, 3.05) is 34.0 Å². The quantitative estimate of drug-likeness (QED) is 0.830. The summed E-state index contributed by atoms with van der Waals surface area (Å²) in [5, 5.41) is 5.99. The van der Waals surface area contributed by atoms with Gasteiger partial charge < -0.3 is 18.9 Å². The van der Waals surface area contributed by atoms with Crippen molar-refractivity contribution in [1.82, 2.24) is 5.01 Å². The van der Waals surface area contributed by atoms with Crippen molar-refractivity contribution in [3.8, 4) is 23.0 Å². The zero-order chi connectivity index (χ0) is 18.8. The molecule has 0 saturated carbocycles. The monoisotopic (exact) mass is 368 g/mol. The van der Waals surface area contributed by atoms with Gasteiger partial charge in [-0.05, 0) is 36.4 Å². The minimum Gasteiger partial charge on any atom is -0.493 e. The Balaban J connectivity index is 1.56. The second-order valence-electron chi connectivity index (χ2n) is 6.15. The standard InChI is InChI=1S/C20H20N2O5/c1-24-16-5-3-13(11-18(16)25-2)15-7-8-22(21-15)20(23)14-4-6-17-19(12-14)27-10-9-26-17/h3-6,11-12H,7-10H2,1-2H3. The van der Waals surface area contributed by atoms with Crippen LogP contribution < -0.4 is 18.9 Å². The first-order valence-corrected chi connectivity index (χ1v) is 8.71. The zero-order valence-corrected chi connectivity index (χ0v) is 15.2. The van der Waals surface area contributed by atoms with Gasteiger partial charge in [0.1, 0.15) is 13.2 Å². The molecule has 2 aromatic rings. The van der Waals surface area contributed by atoms with Crippen molar-refractivity contribution in [3.63, 3.8) is 0 Å². The average molecular weight is 368 g/mol. The van der Waals surface area contributed by atoms with Gasteiger partial charge in [-0.2, -0.15) is 5.10 Å². The van der Waals surface area contributed by atoms with E-state index in [1.807, 2.05) is 18.2 Å². The molecule has 7 heteroatoms. The molecule has 140 valence electrons. The molecule has 0 aromatic heterocycles. The zero-order valence-electron chi connectivity index (χ0n) is 15.2. The van der Waals surface area contributed by atoms with Gasteiger partial charge in [0.15, 0.2) is 23.0 Å². The van der Waals surface area contributed by atoms with Gasteiger partial charge in [0.2, 0.25) is 0 Å². The van der Waals surface area contributed by atoms with Crippen molar-refractivity contribution < 1.29 is 23.7 Å². The van der Waals surface area contributed by atoms with Crippen LogP contribution in [0.1, 0.15) is 22.3 Å². The average Bonchev–Trinajstić information content (AvgIpc) is 3.22. The maximum Gasteiger partial charge on any atom is 0.274 e. The van der Waals surface area contributed by atoms with Crippen LogP contribution in [0.15, 0.2) is 41.5 Å². The number of hydrogen-bond donors (Lipinski definition) is 0. The van der Waals surface area contributed by atoms with Crippen molar-refractivity contribution in [1.29, 1.82) is 0 Å². The summed E-state index contributed by atoms with van der Waals surface area (Å²) in [5.41, 5.74) is 2.27. The number of carbonyl (C=O) groups is 1. The molecule has 0 aliphatic carbocycles. The van der Waals surface area contributed by atoms with Crippen LogP contribution in [0.5, 0.6) is 23.0 Å². The maximum absolute atomic E-state index is 12.8. The van der Waals surface area contributed by atoms with E-state index in [-0.39, 0.29) is 5.91 Å². The minimum absolute atomic E-state index is 0.164. The number of ether oxygens (including phenoxy) is 4. The first-order valence-electron chi connectivity index (χ1n) is 8.71. The predicted molar refractivity (Wildman–Crippen MR) is 99.2 cm³/mol. The lowest BCUT2D eigenvalue weighted by Crippen LogP contribution is -2.24. The van der Waals surface area contributed by atoms with Crippen LogP contribution in [0, 0.1) is 0 Å². The van der Waals surface area contributed by atoms with E-state index in [9.17, 15) is 4.79 Å². The number of carbonyl (C=O) groups excluding carboxylic acids is 1. The Morgan fingerprint density at radius 2 is 1.78 bits per heavy atom. The Bertz CT molecular complexity index is 909. The van der Waals surface area contributed by atoms with E-state index >= 15 is 0 Å². The predicted octanol–water partition coefficient (Wildman–Crippen LogP) is 2.73. The summed E-state index contributed by atoms with van der Waals surface area (Å²) in [6.45, 7) is 1.53. The highest BCUT2D eigenvalue weighted by Crippen LogP contribution is 2.32. The lowest BCUT2D eigenvalue weighted by atomic mass is 10.1. The Labute approximate surface area is 157 Å². The van der Waals surface area contributed by atoms with E-state index in [0.717, 1.165) is 11.3 Å². The molecule has 0 spiro atoms. The number of fused-ring (bicyclic) bond motifs is 1. The third-order valence-electron chi connectivity index (χ3n) is 4.54. The number of nitrogens with zero attached hydrogens (tertiary/aromatic N) is 2. The van der Waals surface area contributed by atoms with Crippen LogP contribution >= 0.6 is 0 Å². The Kier molecular flexibility index (Phi) is 4.58. The minimum atomic E-state index is -0.164. The SMILES string of the molecule is COc1ccc(C2=NN(C(=O)c3ccc4c(c3)OCCO4)CC2)cc1OC. The molecule has 2 heterocycles. The van der Waals surface area contributed by atoms with Crippen LogP contribution in [0.2, 0.25) is 0 Å². The van der Waals surface area contributed by atoms with Gasteiger partial charge in [0.05, 0.1) is 26.5 Å². The summed E-state index contributed by atoms with van der Waals surface area (Å²) in [5.74, 6) is 2.38. The number of benzene rings is 2. The molecule has 7 nitrogen and oxygen atoms in total. The van der Waals surface area contributed by atoms with Crippen LogP contribution in [0.3, 0.4) is 0 Å². The number of amides is 1. The molecule has 2 aliphatic heterocycles. The number of rotatable bonds is 4. The first-order chi connectivity index (χ1) is 13.2. The van der Waals surface area contributed by atoms with Gasteiger partial charge in [0.25, 0.3) is 5.91 Å². The summed E-state index contributed by atoms with van der Waals surface area (Å²) >= 11 is 0. The maximum atomic E-state index is 12.8. The summed E-state index contributed by atoms with van der Waals surface area (Å²) in [4.78, 5) is 12.8. The van der Waals surface area contributed by atoms with E-state index in [2.05, 4.69) is 5.10 Å². The smallest absolute Gasteiger partial charge is 0.274 e. The van der Waals surface area contributed by atoms with Gasteiger partial charge in [-0.15, -0.1) is 0 Å². The summed E-state index contributed by atoms with van der Waals surface area (Å²) in [6.07, 6.45) is 0.672. The summed E-state index contributed by atoms with van der Waals surface area (Å²) in [6, 6.07) is 10.8. The van der Waals surface area contributed by atoms with E-state index in [0.29, 0.717) is 54.7 Å². The largest absolute Gasteiger partial charge is 0.493 e. The van der Waals surface area contributed by atoms with Gasteiger partial charge in [-0.25, -0.2) is 5.01 Å². The molecule has 0 fully saturated rings. The van der Waals surface area contributed by atoms with Gasteiger partial charge in [-0.1, -0.05) is 0 Å². The third kappa shape index (κ3) is 3.28. The third-order valence-corrected chi connectivity index (χ3v) is 4.54. The van der Waals surface area contributed by atoms with Crippen LogP contribution in [-0.2, 0) is 0 Å². The van der Waals surface area contributed by atoms with Crippen LogP contribution in [0.4, 0.5) is 0 Å². The van der Waals surface area contributed by atoms with Gasteiger partial charge in [-0.3, -0.25) is 4.79 Å².